The minimum atomic E-state index is -0.776. The number of nitrogens with one attached hydrogen (secondary N) is 1. The van der Waals surface area contributed by atoms with Crippen molar-refractivity contribution < 1.29 is 13.6 Å². The molecule has 2 aliphatic heterocycles. The number of rotatable bonds is 4. The van der Waals surface area contributed by atoms with E-state index in [2.05, 4.69) is 34.0 Å². The highest BCUT2D eigenvalue weighted by Crippen LogP contribution is 2.33. The molecule has 5 rings (SSSR count). The molecule has 1 amide bonds. The number of fused-ring (bicyclic) bond motifs is 1. The summed E-state index contributed by atoms with van der Waals surface area (Å²) in [5.74, 6) is -1.52. The highest BCUT2D eigenvalue weighted by atomic mass is 19.1. The van der Waals surface area contributed by atoms with Crippen LogP contribution in [0.1, 0.15) is 54.1 Å². The molecular formula is C27H29F2N5O. The first-order valence-corrected chi connectivity index (χ1v) is 12.1. The topological polar surface area (TPSA) is 84.1 Å². The predicted molar refractivity (Wildman–Crippen MR) is 132 cm³/mol. The van der Waals surface area contributed by atoms with Crippen LogP contribution in [0, 0.1) is 11.8 Å². The fourth-order valence-corrected chi connectivity index (χ4v) is 5.14. The zero-order chi connectivity index (χ0) is 24.7. The maximum absolute atomic E-state index is 14.8. The number of nitrogens with two attached hydrogens (primary N) is 1. The summed E-state index contributed by atoms with van der Waals surface area (Å²) in [6.07, 6.45) is 2.68. The van der Waals surface area contributed by atoms with Crippen molar-refractivity contribution in [1.82, 2.24) is 20.2 Å². The molecular weight excluding hydrogens is 448 g/mol. The van der Waals surface area contributed by atoms with Crippen LogP contribution in [0.25, 0.3) is 22.5 Å². The monoisotopic (exact) mass is 477 g/mol. The molecule has 0 atom stereocenters. The molecule has 0 radical (unpaired) electrons. The summed E-state index contributed by atoms with van der Waals surface area (Å²) in [4.78, 5) is 22.8. The van der Waals surface area contributed by atoms with Gasteiger partial charge in [0.05, 0.1) is 5.56 Å². The van der Waals surface area contributed by atoms with Crippen molar-refractivity contribution in [2.75, 3.05) is 25.4 Å². The van der Waals surface area contributed by atoms with E-state index < -0.39 is 17.7 Å². The van der Waals surface area contributed by atoms with Gasteiger partial charge in [0.15, 0.2) is 5.82 Å². The number of anilines is 1. The van der Waals surface area contributed by atoms with Gasteiger partial charge < -0.3 is 16.0 Å². The van der Waals surface area contributed by atoms with Crippen molar-refractivity contribution in [2.45, 2.75) is 45.1 Å². The summed E-state index contributed by atoms with van der Waals surface area (Å²) < 4.78 is 29.6. The first-order valence-electron chi connectivity index (χ1n) is 12.1. The van der Waals surface area contributed by atoms with Crippen LogP contribution in [0.5, 0.6) is 0 Å². The first-order chi connectivity index (χ1) is 16.8. The van der Waals surface area contributed by atoms with E-state index in [1.807, 2.05) is 24.3 Å². The molecule has 0 unspecified atom stereocenters. The van der Waals surface area contributed by atoms with Gasteiger partial charge >= 0.3 is 0 Å². The Morgan fingerprint density at radius 1 is 1.03 bits per heavy atom. The molecule has 2 aliphatic rings. The van der Waals surface area contributed by atoms with Gasteiger partial charge in [-0.15, -0.1) is 0 Å². The normalized spacial score (nSPS) is 16.9. The van der Waals surface area contributed by atoms with Gasteiger partial charge in [0.2, 0.25) is 5.95 Å². The number of piperidine rings is 1. The largest absolute Gasteiger partial charge is 0.382 e. The molecule has 0 spiro atoms. The molecule has 1 fully saturated rings. The molecule has 0 aliphatic carbocycles. The molecule has 3 N–H and O–H groups in total. The molecule has 2 aromatic carbocycles. The lowest BCUT2D eigenvalue weighted by atomic mass is 9.88. The number of amides is 1. The maximum Gasteiger partial charge on any atom is 0.254 e. The SMILES string of the molecule is CC(C)N1CCC(c2ccc(-c3nc(-c4cc(F)c5c(c4)CCNC5=O)c(N)nc3F)cc2)CC1. The number of likely N-dealkylation sites (tertiary alicyclic amines) is 1. The van der Waals surface area contributed by atoms with Gasteiger partial charge in [0, 0.05) is 23.7 Å². The third-order valence-corrected chi connectivity index (χ3v) is 7.15. The Morgan fingerprint density at radius 3 is 2.43 bits per heavy atom. The zero-order valence-corrected chi connectivity index (χ0v) is 19.9. The highest BCUT2D eigenvalue weighted by molar-refractivity contribution is 5.97. The summed E-state index contributed by atoms with van der Waals surface area (Å²) in [6.45, 7) is 7.02. The molecule has 182 valence electrons. The minimum Gasteiger partial charge on any atom is -0.382 e. The van der Waals surface area contributed by atoms with Crippen molar-refractivity contribution in [3.63, 3.8) is 0 Å². The summed E-state index contributed by atoms with van der Waals surface area (Å²) >= 11 is 0. The molecule has 6 nitrogen and oxygen atoms in total. The van der Waals surface area contributed by atoms with Crippen LogP contribution >= 0.6 is 0 Å². The van der Waals surface area contributed by atoms with Gasteiger partial charge in [-0.1, -0.05) is 24.3 Å². The Labute approximate surface area is 203 Å². The average molecular weight is 478 g/mol. The average Bonchev–Trinajstić information content (AvgIpc) is 2.84. The van der Waals surface area contributed by atoms with Gasteiger partial charge in [-0.3, -0.25) is 4.79 Å². The van der Waals surface area contributed by atoms with Gasteiger partial charge in [-0.2, -0.15) is 9.37 Å². The van der Waals surface area contributed by atoms with Crippen LogP contribution in [0.15, 0.2) is 36.4 Å². The van der Waals surface area contributed by atoms with Crippen LogP contribution in [0.4, 0.5) is 14.6 Å². The molecule has 1 aromatic heterocycles. The van der Waals surface area contributed by atoms with E-state index in [9.17, 15) is 13.6 Å². The number of carbonyl (C=O) groups excluding carboxylic acids is 1. The van der Waals surface area contributed by atoms with E-state index >= 15 is 0 Å². The Morgan fingerprint density at radius 2 is 1.74 bits per heavy atom. The number of carbonyl (C=O) groups is 1. The molecule has 0 saturated carbocycles. The lowest BCUT2D eigenvalue weighted by molar-refractivity contribution is 0.0941. The van der Waals surface area contributed by atoms with Crippen molar-refractivity contribution in [3.05, 3.63) is 64.9 Å². The van der Waals surface area contributed by atoms with Crippen molar-refractivity contribution in [1.29, 1.82) is 0 Å². The Hall–Kier alpha value is -3.39. The molecule has 3 heterocycles. The third kappa shape index (κ3) is 4.50. The second-order valence-corrected chi connectivity index (χ2v) is 9.62. The van der Waals surface area contributed by atoms with E-state index in [4.69, 9.17) is 5.73 Å². The first kappa shape index (κ1) is 23.4. The maximum atomic E-state index is 14.8. The van der Waals surface area contributed by atoms with E-state index in [0.29, 0.717) is 41.6 Å². The number of hydrogen-bond acceptors (Lipinski definition) is 5. The van der Waals surface area contributed by atoms with Crippen LogP contribution in [0.3, 0.4) is 0 Å². The van der Waals surface area contributed by atoms with Crippen molar-refractivity contribution in [3.8, 4) is 22.5 Å². The number of halogens is 2. The Kier molecular flexibility index (Phi) is 6.23. The summed E-state index contributed by atoms with van der Waals surface area (Å²) in [7, 11) is 0. The van der Waals surface area contributed by atoms with Crippen LogP contribution in [-0.2, 0) is 6.42 Å². The molecule has 1 saturated heterocycles. The summed E-state index contributed by atoms with van der Waals surface area (Å²) in [5, 5.41) is 2.64. The fraction of sp³-hybridized carbons (Fsp3) is 0.370. The third-order valence-electron chi connectivity index (χ3n) is 7.15. The predicted octanol–water partition coefficient (Wildman–Crippen LogP) is 4.54. The van der Waals surface area contributed by atoms with E-state index in [-0.39, 0.29) is 22.8 Å². The summed E-state index contributed by atoms with van der Waals surface area (Å²) in [5.41, 5.74) is 9.03. The molecule has 35 heavy (non-hydrogen) atoms. The Bertz CT molecular complexity index is 1270. The smallest absolute Gasteiger partial charge is 0.254 e. The van der Waals surface area contributed by atoms with Gasteiger partial charge in [-0.25, -0.2) is 9.37 Å². The van der Waals surface area contributed by atoms with E-state index in [1.54, 1.807) is 6.07 Å². The second-order valence-electron chi connectivity index (χ2n) is 9.62. The molecule has 3 aromatic rings. The molecule has 0 bridgehead atoms. The van der Waals surface area contributed by atoms with Crippen LogP contribution in [0.2, 0.25) is 0 Å². The second kappa shape index (κ2) is 9.34. The van der Waals surface area contributed by atoms with Crippen molar-refractivity contribution in [2.24, 2.45) is 0 Å². The van der Waals surface area contributed by atoms with E-state index in [0.717, 1.165) is 25.9 Å². The lowest BCUT2D eigenvalue weighted by Crippen LogP contribution is -2.37. The Balaban J connectivity index is 1.44. The minimum absolute atomic E-state index is 0.0312. The van der Waals surface area contributed by atoms with Crippen molar-refractivity contribution >= 4 is 11.7 Å². The number of hydrogen-bond donors (Lipinski definition) is 2. The van der Waals surface area contributed by atoms with Gasteiger partial charge in [-0.05, 0) is 75.4 Å². The number of nitrogens with zero attached hydrogens (tertiary/aromatic N) is 3. The lowest BCUT2D eigenvalue weighted by Gasteiger charge is -2.34. The van der Waals surface area contributed by atoms with E-state index in [1.165, 1.54) is 11.6 Å². The van der Waals surface area contributed by atoms with Crippen LogP contribution < -0.4 is 11.1 Å². The number of aromatic nitrogens is 2. The number of benzene rings is 2. The van der Waals surface area contributed by atoms with Crippen LogP contribution in [-0.4, -0.2) is 46.5 Å². The molecule has 8 heteroatoms. The standard InChI is InChI=1S/C27H29F2N5O/c1-15(2)34-11-8-17(9-12-34)16-3-5-18(6-4-16)23-25(29)33-26(30)24(32-23)20-13-19-7-10-31-27(35)22(19)21(28)14-20/h3-6,13-15,17H,7-12H2,1-2H3,(H2,30,33)(H,31,35). The number of nitrogen functional groups attached to an aromatic ring is 1. The summed E-state index contributed by atoms with van der Waals surface area (Å²) in [6, 6.07) is 11.2. The van der Waals surface area contributed by atoms with Gasteiger partial charge in [0.1, 0.15) is 17.2 Å². The fourth-order valence-electron chi connectivity index (χ4n) is 5.14. The quantitative estimate of drug-likeness (QED) is 0.576. The highest BCUT2D eigenvalue weighted by Gasteiger charge is 2.25. The van der Waals surface area contributed by atoms with Gasteiger partial charge in [0.25, 0.3) is 5.91 Å². The zero-order valence-electron chi connectivity index (χ0n) is 19.9.